The van der Waals surface area contributed by atoms with Crippen LogP contribution in [0.15, 0.2) is 35.8 Å². The second-order valence-electron chi connectivity index (χ2n) is 6.32. The summed E-state index contributed by atoms with van der Waals surface area (Å²) in [4.78, 5) is 32.0. The molecule has 0 aliphatic carbocycles. The van der Waals surface area contributed by atoms with Crippen LogP contribution in [-0.4, -0.2) is 27.2 Å². The van der Waals surface area contributed by atoms with Gasteiger partial charge in [0, 0.05) is 28.0 Å². The van der Waals surface area contributed by atoms with E-state index in [1.54, 1.807) is 11.6 Å². The maximum atomic E-state index is 12.6. The van der Waals surface area contributed by atoms with E-state index >= 15 is 0 Å². The standard InChI is InChI=1S/C17H17N3O2S/c1-17(2,3)20-15(22)13-9-23-16(19-13)14(21)11-8-18-12-7-5-4-6-10(11)12/h4-9,18H,1-3H3,(H,20,22). The van der Waals surface area contributed by atoms with Gasteiger partial charge in [-0.15, -0.1) is 11.3 Å². The number of carbonyl (C=O) groups excluding carboxylic acids is 2. The number of H-pyrrole nitrogens is 1. The number of hydrogen-bond acceptors (Lipinski definition) is 4. The Morgan fingerprint density at radius 2 is 1.96 bits per heavy atom. The molecule has 2 heterocycles. The minimum absolute atomic E-state index is 0.178. The summed E-state index contributed by atoms with van der Waals surface area (Å²) in [6.07, 6.45) is 1.68. The molecular formula is C17H17N3O2S. The molecule has 5 nitrogen and oxygen atoms in total. The first-order valence-electron chi connectivity index (χ1n) is 7.24. The number of hydrogen-bond donors (Lipinski definition) is 2. The quantitative estimate of drug-likeness (QED) is 0.724. The highest BCUT2D eigenvalue weighted by Crippen LogP contribution is 2.22. The molecule has 1 aromatic carbocycles. The highest BCUT2D eigenvalue weighted by molar-refractivity contribution is 7.12. The van der Waals surface area contributed by atoms with Crippen LogP contribution in [0, 0.1) is 0 Å². The van der Waals surface area contributed by atoms with Crippen LogP contribution in [0.25, 0.3) is 10.9 Å². The number of benzene rings is 1. The molecule has 0 saturated heterocycles. The molecule has 0 radical (unpaired) electrons. The number of nitrogens with zero attached hydrogens (tertiary/aromatic N) is 1. The smallest absolute Gasteiger partial charge is 0.271 e. The van der Waals surface area contributed by atoms with Gasteiger partial charge < -0.3 is 10.3 Å². The molecule has 2 N–H and O–H groups in total. The first kappa shape index (κ1) is 15.4. The molecule has 1 amide bonds. The van der Waals surface area contributed by atoms with E-state index in [4.69, 9.17) is 0 Å². The van der Waals surface area contributed by atoms with E-state index < -0.39 is 0 Å². The number of nitrogens with one attached hydrogen (secondary N) is 2. The SMILES string of the molecule is CC(C)(C)NC(=O)c1csc(C(=O)c2c[nH]c3ccccc23)n1. The van der Waals surface area contributed by atoms with Gasteiger partial charge in [0.1, 0.15) is 5.69 Å². The van der Waals surface area contributed by atoms with Crippen molar-refractivity contribution in [1.82, 2.24) is 15.3 Å². The van der Waals surface area contributed by atoms with E-state index in [1.807, 2.05) is 45.0 Å². The van der Waals surface area contributed by atoms with Crippen molar-refractivity contribution in [2.24, 2.45) is 0 Å². The monoisotopic (exact) mass is 327 g/mol. The Morgan fingerprint density at radius 1 is 1.22 bits per heavy atom. The Morgan fingerprint density at radius 3 is 2.70 bits per heavy atom. The summed E-state index contributed by atoms with van der Waals surface area (Å²) >= 11 is 1.18. The molecule has 118 valence electrons. The molecule has 0 unspecified atom stereocenters. The Kier molecular flexibility index (Phi) is 3.77. The molecule has 23 heavy (non-hydrogen) atoms. The molecule has 0 spiro atoms. The zero-order chi connectivity index (χ0) is 16.6. The van der Waals surface area contributed by atoms with E-state index in [9.17, 15) is 9.59 Å². The molecule has 0 bridgehead atoms. The summed E-state index contributed by atoms with van der Waals surface area (Å²) < 4.78 is 0. The van der Waals surface area contributed by atoms with Gasteiger partial charge in [-0.3, -0.25) is 9.59 Å². The molecule has 0 atom stereocenters. The minimum atomic E-state index is -0.346. The fourth-order valence-electron chi connectivity index (χ4n) is 2.26. The number of aromatic nitrogens is 2. The number of aromatic amines is 1. The average molecular weight is 327 g/mol. The predicted molar refractivity (Wildman–Crippen MR) is 91.1 cm³/mol. The van der Waals surface area contributed by atoms with Crippen molar-refractivity contribution in [2.45, 2.75) is 26.3 Å². The van der Waals surface area contributed by atoms with Crippen LogP contribution in [0.4, 0.5) is 0 Å². The number of amides is 1. The Labute approximate surface area is 137 Å². The fourth-order valence-corrected chi connectivity index (χ4v) is 3.01. The summed E-state index contributed by atoms with van der Waals surface area (Å²) in [5, 5.41) is 5.62. The van der Waals surface area contributed by atoms with E-state index in [0.717, 1.165) is 10.9 Å². The summed E-state index contributed by atoms with van der Waals surface area (Å²) in [6.45, 7) is 5.69. The summed E-state index contributed by atoms with van der Waals surface area (Å²) in [5.74, 6) is -0.450. The number of thiazole rings is 1. The zero-order valence-corrected chi connectivity index (χ0v) is 14.0. The van der Waals surface area contributed by atoms with E-state index in [1.165, 1.54) is 11.3 Å². The molecule has 0 fully saturated rings. The van der Waals surface area contributed by atoms with E-state index in [0.29, 0.717) is 10.6 Å². The van der Waals surface area contributed by atoms with Crippen LogP contribution in [0.2, 0.25) is 0 Å². The van der Waals surface area contributed by atoms with Crippen molar-refractivity contribution < 1.29 is 9.59 Å². The summed E-state index contributed by atoms with van der Waals surface area (Å²) in [7, 11) is 0. The van der Waals surface area contributed by atoms with Crippen LogP contribution >= 0.6 is 11.3 Å². The van der Waals surface area contributed by atoms with Gasteiger partial charge in [0.05, 0.1) is 5.56 Å². The second kappa shape index (κ2) is 5.62. The minimum Gasteiger partial charge on any atom is -0.360 e. The van der Waals surface area contributed by atoms with Crippen molar-refractivity contribution in [1.29, 1.82) is 0 Å². The molecule has 0 saturated carbocycles. The van der Waals surface area contributed by atoms with Crippen LogP contribution in [0.3, 0.4) is 0 Å². The van der Waals surface area contributed by atoms with Gasteiger partial charge in [-0.05, 0) is 26.8 Å². The second-order valence-corrected chi connectivity index (χ2v) is 7.18. The van der Waals surface area contributed by atoms with Crippen LogP contribution < -0.4 is 5.32 Å². The first-order valence-corrected chi connectivity index (χ1v) is 8.12. The van der Waals surface area contributed by atoms with Gasteiger partial charge in [0.25, 0.3) is 5.91 Å². The third kappa shape index (κ3) is 3.17. The third-order valence-corrected chi connectivity index (χ3v) is 4.09. The van der Waals surface area contributed by atoms with Crippen molar-refractivity contribution in [3.05, 3.63) is 52.1 Å². The van der Waals surface area contributed by atoms with Gasteiger partial charge in [-0.1, -0.05) is 18.2 Å². The van der Waals surface area contributed by atoms with Crippen LogP contribution in [0.1, 0.15) is 46.6 Å². The summed E-state index contributed by atoms with van der Waals surface area (Å²) in [5.41, 5.74) is 1.39. The number of fused-ring (bicyclic) bond motifs is 1. The number of rotatable bonds is 3. The van der Waals surface area contributed by atoms with Crippen molar-refractivity contribution in [2.75, 3.05) is 0 Å². The summed E-state index contributed by atoms with van der Waals surface area (Å²) in [6, 6.07) is 7.60. The van der Waals surface area contributed by atoms with Gasteiger partial charge in [0.2, 0.25) is 5.78 Å². The highest BCUT2D eigenvalue weighted by atomic mass is 32.1. The first-order chi connectivity index (χ1) is 10.8. The average Bonchev–Trinajstić information content (AvgIpc) is 3.12. The lowest BCUT2D eigenvalue weighted by Gasteiger charge is -2.19. The van der Waals surface area contributed by atoms with Crippen LogP contribution in [-0.2, 0) is 0 Å². The van der Waals surface area contributed by atoms with Crippen LogP contribution in [0.5, 0.6) is 0 Å². The molecule has 6 heteroatoms. The number of para-hydroxylation sites is 1. The fraction of sp³-hybridized carbons (Fsp3) is 0.235. The topological polar surface area (TPSA) is 74.8 Å². The normalized spacial score (nSPS) is 11.6. The molecule has 2 aromatic heterocycles. The molecule has 3 rings (SSSR count). The lowest BCUT2D eigenvalue weighted by molar-refractivity contribution is 0.0915. The third-order valence-electron chi connectivity index (χ3n) is 3.25. The molecule has 3 aromatic rings. The number of carbonyl (C=O) groups is 2. The lowest BCUT2D eigenvalue weighted by Crippen LogP contribution is -2.40. The van der Waals surface area contributed by atoms with Gasteiger partial charge in [0.15, 0.2) is 5.01 Å². The molecule has 0 aliphatic rings. The van der Waals surface area contributed by atoms with Crippen molar-refractivity contribution >= 4 is 33.9 Å². The highest BCUT2D eigenvalue weighted by Gasteiger charge is 2.21. The number of ketones is 1. The Balaban J connectivity index is 1.88. The zero-order valence-electron chi connectivity index (χ0n) is 13.1. The molecular weight excluding hydrogens is 310 g/mol. The van der Waals surface area contributed by atoms with E-state index in [2.05, 4.69) is 15.3 Å². The Bertz CT molecular complexity index is 887. The van der Waals surface area contributed by atoms with Gasteiger partial charge >= 0.3 is 0 Å². The maximum Gasteiger partial charge on any atom is 0.271 e. The van der Waals surface area contributed by atoms with Gasteiger partial charge in [-0.25, -0.2) is 4.98 Å². The van der Waals surface area contributed by atoms with Crippen molar-refractivity contribution in [3.63, 3.8) is 0 Å². The largest absolute Gasteiger partial charge is 0.360 e. The molecule has 0 aliphatic heterocycles. The lowest BCUT2D eigenvalue weighted by atomic mass is 10.1. The van der Waals surface area contributed by atoms with Crippen molar-refractivity contribution in [3.8, 4) is 0 Å². The predicted octanol–water partition coefficient (Wildman–Crippen LogP) is 3.38. The van der Waals surface area contributed by atoms with E-state index in [-0.39, 0.29) is 22.9 Å². The van der Waals surface area contributed by atoms with Gasteiger partial charge in [-0.2, -0.15) is 0 Å². The Hall–Kier alpha value is -2.47. The maximum absolute atomic E-state index is 12.6.